The van der Waals surface area contributed by atoms with Crippen LogP contribution in [0.3, 0.4) is 0 Å². The maximum absolute atomic E-state index is 11.6. The van der Waals surface area contributed by atoms with Gasteiger partial charge in [-0.25, -0.2) is 0 Å². The molecule has 0 saturated carbocycles. The molecule has 0 bridgehead atoms. The van der Waals surface area contributed by atoms with Crippen LogP contribution in [0.1, 0.15) is 12.5 Å². The Hall–Kier alpha value is -1.75. The van der Waals surface area contributed by atoms with Gasteiger partial charge in [0.05, 0.1) is 20.3 Å². The van der Waals surface area contributed by atoms with E-state index in [1.165, 1.54) is 0 Å². The zero-order valence-corrected chi connectivity index (χ0v) is 12.2. The highest BCUT2D eigenvalue weighted by Crippen LogP contribution is 2.28. The third-order valence-corrected chi connectivity index (χ3v) is 3.17. The van der Waals surface area contributed by atoms with Crippen LogP contribution in [0, 0.1) is 0 Å². The first-order valence-electron chi connectivity index (χ1n) is 6.16. The Balaban J connectivity index is 2.79. The van der Waals surface area contributed by atoms with Crippen molar-refractivity contribution in [3.8, 4) is 11.5 Å². The molecule has 5 heteroatoms. The summed E-state index contributed by atoms with van der Waals surface area (Å²) in [4.78, 5) is 13.5. The molecule has 0 aromatic heterocycles. The highest BCUT2D eigenvalue weighted by molar-refractivity contribution is 5.80. The highest BCUT2D eigenvalue weighted by atomic mass is 16.5. The summed E-state index contributed by atoms with van der Waals surface area (Å²) in [5.41, 5.74) is 1.07. The highest BCUT2D eigenvalue weighted by Gasteiger charge is 2.17. The second-order valence-electron chi connectivity index (χ2n) is 4.39. The number of carbonyl (C=O) groups excluding carboxylic acids is 1. The van der Waals surface area contributed by atoms with Crippen molar-refractivity contribution in [3.05, 3.63) is 23.8 Å². The molecule has 1 aromatic rings. The molecular formula is C14H22N2O3. The Morgan fingerprint density at radius 1 is 1.32 bits per heavy atom. The van der Waals surface area contributed by atoms with Crippen molar-refractivity contribution in [1.29, 1.82) is 0 Å². The van der Waals surface area contributed by atoms with Gasteiger partial charge in [0.2, 0.25) is 5.91 Å². The van der Waals surface area contributed by atoms with Crippen LogP contribution >= 0.6 is 0 Å². The van der Waals surface area contributed by atoms with Crippen LogP contribution in [0.15, 0.2) is 18.2 Å². The Morgan fingerprint density at radius 3 is 2.47 bits per heavy atom. The second kappa shape index (κ2) is 6.99. The van der Waals surface area contributed by atoms with Crippen LogP contribution in [0.2, 0.25) is 0 Å². The van der Waals surface area contributed by atoms with Gasteiger partial charge in [0.25, 0.3) is 0 Å². The largest absolute Gasteiger partial charge is 0.493 e. The molecule has 1 atom stereocenters. The predicted octanol–water partition coefficient (Wildman–Crippen LogP) is 1.27. The summed E-state index contributed by atoms with van der Waals surface area (Å²) in [5, 5.41) is 2.65. The van der Waals surface area contributed by atoms with Gasteiger partial charge in [-0.2, -0.15) is 0 Å². The number of nitrogens with zero attached hydrogens (tertiary/aromatic N) is 1. The molecule has 1 N–H and O–H groups in total. The van der Waals surface area contributed by atoms with Crippen molar-refractivity contribution < 1.29 is 14.3 Å². The van der Waals surface area contributed by atoms with Gasteiger partial charge < -0.3 is 14.8 Å². The van der Waals surface area contributed by atoms with E-state index in [0.717, 1.165) is 5.56 Å². The lowest BCUT2D eigenvalue weighted by atomic mass is 10.1. The summed E-state index contributed by atoms with van der Waals surface area (Å²) in [6.45, 7) is 2.54. The second-order valence-corrected chi connectivity index (χ2v) is 4.39. The first kappa shape index (κ1) is 15.3. The van der Waals surface area contributed by atoms with Gasteiger partial charge in [-0.1, -0.05) is 6.07 Å². The molecule has 0 saturated heterocycles. The topological polar surface area (TPSA) is 50.8 Å². The van der Waals surface area contributed by atoms with E-state index in [4.69, 9.17) is 9.47 Å². The van der Waals surface area contributed by atoms with Crippen molar-refractivity contribution >= 4 is 5.91 Å². The van der Waals surface area contributed by atoms with E-state index in [-0.39, 0.29) is 11.9 Å². The fourth-order valence-electron chi connectivity index (χ4n) is 1.81. The standard InChI is InChI=1S/C14H22N2O3/c1-10(14(17)15-2)16(3)9-11-6-7-12(18-4)13(8-11)19-5/h6-8,10H,9H2,1-5H3,(H,15,17)/t10-/m1/s1. The van der Waals surface area contributed by atoms with Gasteiger partial charge in [0.15, 0.2) is 11.5 Å². The molecule has 0 spiro atoms. The molecule has 0 aliphatic rings. The SMILES string of the molecule is CNC(=O)[C@@H](C)N(C)Cc1ccc(OC)c(OC)c1. The molecule has 0 fully saturated rings. The van der Waals surface area contributed by atoms with E-state index in [0.29, 0.717) is 18.0 Å². The lowest BCUT2D eigenvalue weighted by molar-refractivity contribution is -0.125. The fraction of sp³-hybridized carbons (Fsp3) is 0.500. The molecule has 1 amide bonds. The first-order valence-corrected chi connectivity index (χ1v) is 6.16. The number of carbonyl (C=O) groups is 1. The maximum Gasteiger partial charge on any atom is 0.236 e. The minimum Gasteiger partial charge on any atom is -0.493 e. The average molecular weight is 266 g/mol. The Labute approximate surface area is 114 Å². The molecule has 0 radical (unpaired) electrons. The van der Waals surface area contributed by atoms with Crippen LogP contribution in [0.5, 0.6) is 11.5 Å². The van der Waals surface area contributed by atoms with Crippen molar-refractivity contribution in [1.82, 2.24) is 10.2 Å². The van der Waals surface area contributed by atoms with Gasteiger partial charge in [0.1, 0.15) is 0 Å². The van der Waals surface area contributed by atoms with Gasteiger partial charge >= 0.3 is 0 Å². The Bertz CT molecular complexity index is 435. The number of benzene rings is 1. The van der Waals surface area contributed by atoms with Gasteiger partial charge in [-0.05, 0) is 31.7 Å². The number of hydrogen-bond donors (Lipinski definition) is 1. The lowest BCUT2D eigenvalue weighted by Crippen LogP contribution is -2.41. The quantitative estimate of drug-likeness (QED) is 0.842. The third-order valence-electron chi connectivity index (χ3n) is 3.17. The van der Waals surface area contributed by atoms with Crippen LogP contribution in [-0.4, -0.2) is 45.2 Å². The molecule has 5 nitrogen and oxygen atoms in total. The smallest absolute Gasteiger partial charge is 0.236 e. The van der Waals surface area contributed by atoms with Crippen molar-refractivity contribution in [2.45, 2.75) is 19.5 Å². The average Bonchev–Trinajstić information content (AvgIpc) is 2.45. The number of amides is 1. The molecule has 0 heterocycles. The zero-order chi connectivity index (χ0) is 14.4. The predicted molar refractivity (Wildman–Crippen MR) is 74.5 cm³/mol. The Morgan fingerprint density at radius 2 is 1.95 bits per heavy atom. The van der Waals surface area contributed by atoms with E-state index in [1.54, 1.807) is 21.3 Å². The molecule has 19 heavy (non-hydrogen) atoms. The van der Waals surface area contributed by atoms with E-state index in [9.17, 15) is 4.79 Å². The molecule has 106 valence electrons. The van der Waals surface area contributed by atoms with Crippen molar-refractivity contribution in [2.24, 2.45) is 0 Å². The van der Waals surface area contributed by atoms with Crippen molar-refractivity contribution in [3.63, 3.8) is 0 Å². The first-order chi connectivity index (χ1) is 9.03. The minimum atomic E-state index is -0.182. The van der Waals surface area contributed by atoms with Crippen LogP contribution in [0.4, 0.5) is 0 Å². The van der Waals surface area contributed by atoms with E-state index in [1.807, 2.05) is 37.1 Å². The number of likely N-dealkylation sites (N-methyl/N-ethyl adjacent to an activating group) is 2. The van der Waals surface area contributed by atoms with Gasteiger partial charge in [-0.3, -0.25) is 9.69 Å². The minimum absolute atomic E-state index is 0.00276. The van der Waals surface area contributed by atoms with Crippen LogP contribution in [-0.2, 0) is 11.3 Å². The van der Waals surface area contributed by atoms with Crippen LogP contribution < -0.4 is 14.8 Å². The van der Waals surface area contributed by atoms with Crippen molar-refractivity contribution in [2.75, 3.05) is 28.3 Å². The Kier molecular flexibility index (Phi) is 5.63. The summed E-state index contributed by atoms with van der Waals surface area (Å²) in [5.74, 6) is 1.40. The summed E-state index contributed by atoms with van der Waals surface area (Å²) >= 11 is 0. The van der Waals surface area contributed by atoms with Gasteiger partial charge in [-0.15, -0.1) is 0 Å². The zero-order valence-electron chi connectivity index (χ0n) is 12.2. The molecule has 1 aromatic carbocycles. The number of hydrogen-bond acceptors (Lipinski definition) is 4. The molecule has 0 aliphatic carbocycles. The maximum atomic E-state index is 11.6. The van der Waals surface area contributed by atoms with Gasteiger partial charge in [0, 0.05) is 13.6 Å². The molecular weight excluding hydrogens is 244 g/mol. The number of nitrogens with one attached hydrogen (secondary N) is 1. The third kappa shape index (κ3) is 3.86. The van der Waals surface area contributed by atoms with E-state index < -0.39 is 0 Å². The summed E-state index contributed by atoms with van der Waals surface area (Å²) in [6.07, 6.45) is 0. The lowest BCUT2D eigenvalue weighted by Gasteiger charge is -2.23. The summed E-state index contributed by atoms with van der Waals surface area (Å²) < 4.78 is 10.5. The molecule has 0 unspecified atom stereocenters. The summed E-state index contributed by atoms with van der Waals surface area (Å²) in [6, 6.07) is 5.57. The molecule has 0 aliphatic heterocycles. The monoisotopic (exact) mass is 266 g/mol. The van der Waals surface area contributed by atoms with E-state index in [2.05, 4.69) is 5.32 Å². The summed E-state index contributed by atoms with van der Waals surface area (Å²) in [7, 11) is 6.77. The normalized spacial score (nSPS) is 12.1. The number of methoxy groups -OCH3 is 2. The van der Waals surface area contributed by atoms with E-state index >= 15 is 0 Å². The number of rotatable bonds is 6. The molecule has 1 rings (SSSR count). The fourth-order valence-corrected chi connectivity index (χ4v) is 1.81. The number of ether oxygens (including phenoxy) is 2. The van der Waals surface area contributed by atoms with Crippen LogP contribution in [0.25, 0.3) is 0 Å².